The summed E-state index contributed by atoms with van der Waals surface area (Å²) in [7, 11) is 3.36. The van der Waals surface area contributed by atoms with Crippen LogP contribution in [0.15, 0.2) is 48.5 Å². The highest BCUT2D eigenvalue weighted by Crippen LogP contribution is 2.32. The van der Waals surface area contributed by atoms with Gasteiger partial charge in [-0.2, -0.15) is 0 Å². The van der Waals surface area contributed by atoms with Crippen molar-refractivity contribution in [3.05, 3.63) is 70.8 Å². The lowest BCUT2D eigenvalue weighted by atomic mass is 9.87. The maximum Gasteiger partial charge on any atom is 0.248 e. The highest BCUT2D eigenvalue weighted by atomic mass is 35.5. The number of likely N-dealkylation sites (tertiary alicyclic amines) is 2. The molecule has 18 heteroatoms. The summed E-state index contributed by atoms with van der Waals surface area (Å²) in [4.78, 5) is 84.6. The number of halogens is 2. The first kappa shape index (κ1) is 56.3. The minimum Gasteiger partial charge on any atom is -0.379 e. The number of unbranched alkanes of at least 4 members (excludes halogenated alkanes) is 3. The van der Waals surface area contributed by atoms with E-state index in [1.807, 2.05) is 24.3 Å². The predicted molar refractivity (Wildman–Crippen MR) is 266 cm³/mol. The molecule has 6 amide bonds. The minimum atomic E-state index is -0.947. The van der Waals surface area contributed by atoms with Gasteiger partial charge in [0.15, 0.2) is 0 Å². The molecule has 2 aromatic carbocycles. The van der Waals surface area contributed by atoms with Crippen LogP contribution < -0.4 is 31.9 Å². The fourth-order valence-corrected chi connectivity index (χ4v) is 9.72. The molecule has 0 saturated carbocycles. The summed E-state index contributed by atoms with van der Waals surface area (Å²) < 4.78 is 12.0. The molecule has 2 unspecified atom stereocenters. The largest absolute Gasteiger partial charge is 0.379 e. The van der Waals surface area contributed by atoms with Crippen LogP contribution >= 0.6 is 24.8 Å². The third-order valence-corrected chi connectivity index (χ3v) is 13.8. The van der Waals surface area contributed by atoms with Gasteiger partial charge in [-0.1, -0.05) is 61.4 Å². The number of benzene rings is 2. The zero-order valence-electron chi connectivity index (χ0n) is 40.4. The van der Waals surface area contributed by atoms with Gasteiger partial charge in [0.05, 0.1) is 37.4 Å². The number of amides is 6. The van der Waals surface area contributed by atoms with Gasteiger partial charge in [-0.05, 0) is 127 Å². The maximum absolute atomic E-state index is 14.0. The van der Waals surface area contributed by atoms with Crippen molar-refractivity contribution in [3.63, 3.8) is 0 Å². The Labute approximate surface area is 415 Å². The summed E-state index contributed by atoms with van der Waals surface area (Å²) in [5, 5.41) is 18.0. The van der Waals surface area contributed by atoms with Crippen LogP contribution in [-0.2, 0) is 51.1 Å². The van der Waals surface area contributed by atoms with Crippen molar-refractivity contribution in [2.45, 2.75) is 152 Å². The highest BCUT2D eigenvalue weighted by Gasteiger charge is 2.41. The number of rotatable bonds is 23. The maximum atomic E-state index is 14.0. The van der Waals surface area contributed by atoms with E-state index in [0.717, 1.165) is 62.5 Å². The normalized spacial score (nSPS) is 21.4. The van der Waals surface area contributed by atoms with Crippen LogP contribution in [0.4, 0.5) is 0 Å². The lowest BCUT2D eigenvalue weighted by molar-refractivity contribution is -0.143. The molecule has 378 valence electrons. The van der Waals surface area contributed by atoms with Gasteiger partial charge >= 0.3 is 0 Å². The van der Waals surface area contributed by atoms with E-state index in [0.29, 0.717) is 64.8 Å². The summed E-state index contributed by atoms with van der Waals surface area (Å²) in [6.07, 6.45) is 11.2. The van der Waals surface area contributed by atoms with Crippen molar-refractivity contribution in [1.82, 2.24) is 41.7 Å². The van der Waals surface area contributed by atoms with Crippen LogP contribution in [0.3, 0.4) is 0 Å². The molecule has 6 N–H and O–H groups in total. The van der Waals surface area contributed by atoms with E-state index in [1.165, 1.54) is 11.1 Å². The molecule has 68 heavy (non-hydrogen) atoms. The van der Waals surface area contributed by atoms with Gasteiger partial charge in [-0.15, -0.1) is 24.8 Å². The molecule has 2 aromatic rings. The van der Waals surface area contributed by atoms with Gasteiger partial charge in [-0.25, -0.2) is 0 Å². The van der Waals surface area contributed by atoms with Crippen LogP contribution in [-0.4, -0.2) is 135 Å². The number of likely N-dealkylation sites (N-methyl/N-ethyl adjacent to an activating group) is 2. The van der Waals surface area contributed by atoms with Gasteiger partial charge in [0.25, 0.3) is 0 Å². The van der Waals surface area contributed by atoms with E-state index in [2.05, 4.69) is 56.2 Å². The van der Waals surface area contributed by atoms with Crippen LogP contribution in [0.25, 0.3) is 0 Å². The van der Waals surface area contributed by atoms with Crippen molar-refractivity contribution < 1.29 is 38.2 Å². The van der Waals surface area contributed by atoms with Gasteiger partial charge in [0, 0.05) is 26.3 Å². The molecular weight excluding hydrogens is 912 g/mol. The first-order valence-electron chi connectivity index (χ1n) is 24.5. The number of fused-ring (bicyclic) bond motifs is 2. The Balaban J connectivity index is 0.00000504. The second-order valence-electron chi connectivity index (χ2n) is 18.4. The average molecular weight is 988 g/mol. The third kappa shape index (κ3) is 15.1. The topological polar surface area (TPSA) is 200 Å². The molecule has 16 nitrogen and oxygen atoms in total. The SMILES string of the molecule is CN[C@@H](C)C(=O)N[C@@H](COCCCCCCOC[C@H](NC(=O)[C@H](C)NC)C(=O)N1CCCC1C(=O)N[C@@H]1CCCc2ccccc21)C(=O)N1CCCC1C(=O)N[C@@H]1CCCc2ccccc21.Cl.Cl. The van der Waals surface area contributed by atoms with E-state index in [-0.39, 0.29) is 85.6 Å². The molecule has 2 saturated heterocycles. The zero-order valence-corrected chi connectivity index (χ0v) is 42.0. The summed E-state index contributed by atoms with van der Waals surface area (Å²) in [5.74, 6) is -1.65. The highest BCUT2D eigenvalue weighted by molar-refractivity contribution is 5.95. The smallest absolute Gasteiger partial charge is 0.248 e. The summed E-state index contributed by atoms with van der Waals surface area (Å²) >= 11 is 0. The van der Waals surface area contributed by atoms with E-state index in [1.54, 1.807) is 37.7 Å². The van der Waals surface area contributed by atoms with Crippen molar-refractivity contribution in [2.75, 3.05) is 53.6 Å². The van der Waals surface area contributed by atoms with Crippen molar-refractivity contribution in [2.24, 2.45) is 0 Å². The number of nitrogens with zero attached hydrogens (tertiary/aromatic N) is 2. The summed E-state index contributed by atoms with van der Waals surface area (Å²) in [6, 6.07) is 12.0. The number of hydrogen-bond donors (Lipinski definition) is 6. The standard InChI is InChI=1S/C50H74N8O8.2ClH/c1-33(51-3)45(59)55-41(49(63)57-27-15-25-43(57)47(61)53-39-23-13-19-35-17-7-9-21-37(35)39)31-65-29-11-5-6-12-30-66-32-42(56-46(60)34(2)52-4)50(64)58-28-16-26-44(58)48(62)54-40-24-14-20-36-18-8-10-22-38(36)40;;/h7-10,17-18,21-22,33-34,39-44,51-52H,5-6,11-16,19-20,23-32H2,1-4H3,(H,53,61)(H,54,62)(H,55,59)(H,56,60);2*1H/t33-,34-,39+,40+,41-,42-,43?,44?;;/m0../s1. The number of carbonyl (C=O) groups is 6. The quantitative estimate of drug-likeness (QED) is 0.0887. The second kappa shape index (κ2) is 28.4. The lowest BCUT2D eigenvalue weighted by Gasteiger charge is -2.32. The number of ether oxygens (including phenoxy) is 2. The first-order valence-corrected chi connectivity index (χ1v) is 24.5. The van der Waals surface area contributed by atoms with Crippen LogP contribution in [0.2, 0.25) is 0 Å². The first-order chi connectivity index (χ1) is 32.0. The van der Waals surface area contributed by atoms with E-state index >= 15 is 0 Å². The van der Waals surface area contributed by atoms with Crippen molar-refractivity contribution >= 4 is 60.3 Å². The Morgan fingerprint density at radius 3 is 1.37 bits per heavy atom. The third-order valence-electron chi connectivity index (χ3n) is 13.8. The molecule has 0 aromatic heterocycles. The molecule has 2 aliphatic heterocycles. The fraction of sp³-hybridized carbons (Fsp3) is 0.640. The Morgan fingerprint density at radius 2 is 0.971 bits per heavy atom. The Hall–Kier alpha value is -4.32. The number of aryl methyl sites for hydroxylation is 2. The number of carbonyl (C=O) groups excluding carboxylic acids is 6. The Kier molecular flexibility index (Phi) is 23.5. The summed E-state index contributed by atoms with van der Waals surface area (Å²) in [5.41, 5.74) is 4.76. The van der Waals surface area contributed by atoms with Crippen molar-refractivity contribution in [3.8, 4) is 0 Å². The predicted octanol–water partition coefficient (Wildman–Crippen LogP) is 3.98. The van der Waals surface area contributed by atoms with Crippen LogP contribution in [0.5, 0.6) is 0 Å². The molecule has 6 rings (SSSR count). The van der Waals surface area contributed by atoms with E-state index in [4.69, 9.17) is 9.47 Å². The molecule has 2 fully saturated rings. The van der Waals surface area contributed by atoms with Gasteiger partial charge in [0.1, 0.15) is 24.2 Å². The fourth-order valence-electron chi connectivity index (χ4n) is 9.72. The molecule has 2 heterocycles. The Bertz CT molecular complexity index is 1840. The number of hydrogen-bond acceptors (Lipinski definition) is 10. The molecule has 0 radical (unpaired) electrons. The number of nitrogens with one attached hydrogen (secondary N) is 6. The average Bonchev–Trinajstić information content (AvgIpc) is 4.05. The van der Waals surface area contributed by atoms with E-state index < -0.39 is 36.3 Å². The van der Waals surface area contributed by atoms with Gasteiger partial charge < -0.3 is 51.2 Å². The van der Waals surface area contributed by atoms with Crippen molar-refractivity contribution in [1.29, 1.82) is 0 Å². The lowest BCUT2D eigenvalue weighted by Crippen LogP contribution is -2.57. The minimum absolute atomic E-state index is 0. The molecular formula is C50H76Cl2N8O8. The van der Waals surface area contributed by atoms with Crippen LogP contribution in [0.1, 0.15) is 125 Å². The van der Waals surface area contributed by atoms with Crippen LogP contribution in [0, 0.1) is 0 Å². The monoisotopic (exact) mass is 987 g/mol. The zero-order chi connectivity index (χ0) is 47.0. The molecule has 4 aliphatic rings. The van der Waals surface area contributed by atoms with E-state index in [9.17, 15) is 28.8 Å². The summed E-state index contributed by atoms with van der Waals surface area (Å²) in [6.45, 7) is 4.99. The Morgan fingerprint density at radius 1 is 0.574 bits per heavy atom. The molecule has 8 atom stereocenters. The second-order valence-corrected chi connectivity index (χ2v) is 18.4. The molecule has 0 spiro atoms. The van der Waals surface area contributed by atoms with Gasteiger partial charge in [-0.3, -0.25) is 28.8 Å². The van der Waals surface area contributed by atoms with Gasteiger partial charge in [0.2, 0.25) is 35.4 Å². The molecule has 2 aliphatic carbocycles. The molecule has 0 bridgehead atoms.